The molecule has 1 saturated heterocycles. The molecule has 1 amide bonds. The summed E-state index contributed by atoms with van der Waals surface area (Å²) in [5, 5.41) is 0. The average Bonchev–Trinajstić information content (AvgIpc) is 2.46. The fourth-order valence-electron chi connectivity index (χ4n) is 2.86. The van der Waals surface area contributed by atoms with Gasteiger partial charge in [0.15, 0.2) is 0 Å². The first-order valence-corrected chi connectivity index (χ1v) is 7.66. The lowest BCUT2D eigenvalue weighted by Crippen LogP contribution is -2.45. The first kappa shape index (κ1) is 15.0. The Labute approximate surface area is 122 Å². The molecule has 2 rings (SSSR count). The Morgan fingerprint density at radius 1 is 1.30 bits per heavy atom. The lowest BCUT2D eigenvalue weighted by molar-refractivity contribution is -0.133. The second-order valence-corrected chi connectivity index (χ2v) is 6.08. The van der Waals surface area contributed by atoms with Crippen molar-refractivity contribution in [2.75, 3.05) is 13.1 Å². The Hall–Kier alpha value is -1.35. The Morgan fingerprint density at radius 2 is 1.90 bits per heavy atom. The van der Waals surface area contributed by atoms with Crippen LogP contribution in [0.15, 0.2) is 24.3 Å². The number of benzene rings is 1. The summed E-state index contributed by atoms with van der Waals surface area (Å²) in [4.78, 5) is 13.7. The molecule has 0 aliphatic carbocycles. The Bertz CT molecular complexity index is 431. The largest absolute Gasteiger partial charge is 0.341 e. The van der Waals surface area contributed by atoms with Crippen LogP contribution in [0.1, 0.15) is 37.3 Å². The molecule has 20 heavy (non-hydrogen) atoms. The second kappa shape index (κ2) is 6.89. The molecule has 1 atom stereocenters. The van der Waals surface area contributed by atoms with Crippen LogP contribution in [0, 0.1) is 12.8 Å². The van der Waals surface area contributed by atoms with E-state index in [0.717, 1.165) is 38.3 Å². The quantitative estimate of drug-likeness (QED) is 0.917. The van der Waals surface area contributed by atoms with E-state index in [2.05, 4.69) is 31.2 Å². The van der Waals surface area contributed by atoms with E-state index in [1.807, 2.05) is 4.90 Å². The maximum Gasteiger partial charge on any atom is 0.239 e. The molecule has 3 nitrogen and oxygen atoms in total. The van der Waals surface area contributed by atoms with Gasteiger partial charge >= 0.3 is 0 Å². The lowest BCUT2D eigenvalue weighted by Gasteiger charge is -2.33. The highest BCUT2D eigenvalue weighted by atomic mass is 16.2. The number of nitrogens with two attached hydrogens (primary N) is 1. The van der Waals surface area contributed by atoms with Gasteiger partial charge in [-0.2, -0.15) is 0 Å². The highest BCUT2D eigenvalue weighted by Crippen LogP contribution is 2.22. The smallest absolute Gasteiger partial charge is 0.239 e. The fraction of sp³-hybridized carbons (Fsp3) is 0.588. The van der Waals surface area contributed by atoms with Crippen molar-refractivity contribution in [3.05, 3.63) is 35.4 Å². The van der Waals surface area contributed by atoms with Crippen molar-refractivity contribution in [1.82, 2.24) is 4.90 Å². The van der Waals surface area contributed by atoms with Crippen LogP contribution < -0.4 is 5.73 Å². The van der Waals surface area contributed by atoms with E-state index in [0.29, 0.717) is 0 Å². The van der Waals surface area contributed by atoms with E-state index in [-0.39, 0.29) is 11.9 Å². The molecule has 1 aromatic carbocycles. The van der Waals surface area contributed by atoms with Crippen LogP contribution in [0.3, 0.4) is 0 Å². The van der Waals surface area contributed by atoms with Crippen molar-refractivity contribution in [1.29, 1.82) is 0 Å². The highest BCUT2D eigenvalue weighted by Gasteiger charge is 2.24. The van der Waals surface area contributed by atoms with Gasteiger partial charge in [0.2, 0.25) is 5.91 Å². The topological polar surface area (TPSA) is 46.3 Å². The van der Waals surface area contributed by atoms with Crippen LogP contribution in [-0.4, -0.2) is 29.9 Å². The van der Waals surface area contributed by atoms with Gasteiger partial charge in [-0.05, 0) is 51.0 Å². The van der Waals surface area contributed by atoms with Crippen LogP contribution >= 0.6 is 0 Å². The monoisotopic (exact) mass is 274 g/mol. The molecule has 0 radical (unpaired) electrons. The van der Waals surface area contributed by atoms with Crippen molar-refractivity contribution in [3.8, 4) is 0 Å². The van der Waals surface area contributed by atoms with Gasteiger partial charge in [-0.25, -0.2) is 0 Å². The van der Waals surface area contributed by atoms with Crippen LogP contribution in [0.25, 0.3) is 0 Å². The maximum absolute atomic E-state index is 11.8. The van der Waals surface area contributed by atoms with Gasteiger partial charge in [-0.3, -0.25) is 4.79 Å². The first-order chi connectivity index (χ1) is 9.56. The zero-order valence-corrected chi connectivity index (χ0v) is 12.6. The maximum atomic E-state index is 11.8. The predicted molar refractivity (Wildman–Crippen MR) is 82.5 cm³/mol. The highest BCUT2D eigenvalue weighted by molar-refractivity contribution is 5.81. The number of amides is 1. The minimum absolute atomic E-state index is 0.0991. The molecule has 0 unspecified atom stereocenters. The van der Waals surface area contributed by atoms with Crippen molar-refractivity contribution in [2.24, 2.45) is 11.7 Å². The number of hydrogen-bond acceptors (Lipinski definition) is 2. The first-order valence-electron chi connectivity index (χ1n) is 7.66. The molecule has 0 spiro atoms. The molecule has 1 aliphatic rings. The van der Waals surface area contributed by atoms with Crippen molar-refractivity contribution >= 4 is 5.91 Å². The summed E-state index contributed by atoms with van der Waals surface area (Å²) in [5.41, 5.74) is 8.39. The van der Waals surface area contributed by atoms with E-state index in [4.69, 9.17) is 5.73 Å². The van der Waals surface area contributed by atoms with Gasteiger partial charge in [0.25, 0.3) is 0 Å². The molecule has 110 valence electrons. The van der Waals surface area contributed by atoms with Crippen LogP contribution in [0.4, 0.5) is 0 Å². The van der Waals surface area contributed by atoms with Crippen molar-refractivity contribution in [2.45, 2.75) is 45.6 Å². The van der Waals surface area contributed by atoms with Crippen molar-refractivity contribution in [3.63, 3.8) is 0 Å². The summed E-state index contributed by atoms with van der Waals surface area (Å²) < 4.78 is 0. The van der Waals surface area contributed by atoms with Gasteiger partial charge in [-0.1, -0.05) is 29.8 Å². The van der Waals surface area contributed by atoms with Crippen molar-refractivity contribution < 1.29 is 4.79 Å². The molecule has 1 aliphatic heterocycles. The summed E-state index contributed by atoms with van der Waals surface area (Å²) in [6.07, 6.45) is 4.60. The zero-order chi connectivity index (χ0) is 14.5. The van der Waals surface area contributed by atoms with E-state index in [9.17, 15) is 4.79 Å². The molecular weight excluding hydrogens is 248 g/mol. The molecule has 1 fully saturated rings. The molecular formula is C17H26N2O. The minimum Gasteiger partial charge on any atom is -0.341 e. The third-order valence-electron chi connectivity index (χ3n) is 4.28. The average molecular weight is 274 g/mol. The number of nitrogens with zero attached hydrogens (tertiary/aromatic N) is 1. The summed E-state index contributed by atoms with van der Waals surface area (Å²) in [6, 6.07) is 8.45. The molecule has 0 aromatic heterocycles. The Kier molecular flexibility index (Phi) is 5.18. The minimum atomic E-state index is -0.362. The van der Waals surface area contributed by atoms with Crippen LogP contribution in [0.2, 0.25) is 0 Å². The van der Waals surface area contributed by atoms with E-state index in [1.54, 1.807) is 6.92 Å². The molecule has 2 N–H and O–H groups in total. The predicted octanol–water partition coefficient (Wildman–Crippen LogP) is 2.51. The summed E-state index contributed by atoms with van der Waals surface area (Å²) in [5.74, 6) is 0.843. The van der Waals surface area contributed by atoms with Gasteiger partial charge in [0.05, 0.1) is 6.04 Å². The number of rotatable bonds is 4. The number of carbonyl (C=O) groups excluding carboxylic acids is 1. The third kappa shape index (κ3) is 4.07. The summed E-state index contributed by atoms with van der Waals surface area (Å²) in [7, 11) is 0. The number of aryl methyl sites for hydroxylation is 2. The van der Waals surface area contributed by atoms with Crippen LogP contribution in [-0.2, 0) is 11.2 Å². The van der Waals surface area contributed by atoms with Crippen LogP contribution in [0.5, 0.6) is 0 Å². The zero-order valence-electron chi connectivity index (χ0n) is 12.6. The van der Waals surface area contributed by atoms with Gasteiger partial charge in [-0.15, -0.1) is 0 Å². The molecule has 0 saturated carbocycles. The molecule has 1 heterocycles. The SMILES string of the molecule is Cc1ccc(CCC2CCN(C(=O)[C@H](C)N)CC2)cc1. The number of carbonyl (C=O) groups is 1. The van der Waals surface area contributed by atoms with Gasteiger partial charge in [0.1, 0.15) is 0 Å². The van der Waals surface area contributed by atoms with E-state index >= 15 is 0 Å². The second-order valence-electron chi connectivity index (χ2n) is 6.08. The Morgan fingerprint density at radius 3 is 2.45 bits per heavy atom. The van der Waals surface area contributed by atoms with E-state index in [1.165, 1.54) is 17.5 Å². The number of likely N-dealkylation sites (tertiary alicyclic amines) is 1. The van der Waals surface area contributed by atoms with Gasteiger partial charge < -0.3 is 10.6 Å². The molecule has 1 aromatic rings. The van der Waals surface area contributed by atoms with E-state index < -0.39 is 0 Å². The normalized spacial score (nSPS) is 18.1. The molecule has 0 bridgehead atoms. The van der Waals surface area contributed by atoms with Gasteiger partial charge in [0, 0.05) is 13.1 Å². The summed E-state index contributed by atoms with van der Waals surface area (Å²) >= 11 is 0. The lowest BCUT2D eigenvalue weighted by atomic mass is 9.90. The third-order valence-corrected chi connectivity index (χ3v) is 4.28. The number of hydrogen-bond donors (Lipinski definition) is 1. The standard InChI is InChI=1S/C17H26N2O/c1-13-3-5-15(6-4-13)7-8-16-9-11-19(12-10-16)17(20)14(2)18/h3-6,14,16H,7-12,18H2,1-2H3/t14-/m0/s1. The fourth-order valence-corrected chi connectivity index (χ4v) is 2.86. The number of piperidine rings is 1. The molecule has 3 heteroatoms. The Balaban J connectivity index is 1.74. The summed E-state index contributed by atoms with van der Waals surface area (Å²) in [6.45, 7) is 5.64.